The van der Waals surface area contributed by atoms with E-state index in [2.05, 4.69) is 15.1 Å². The number of aryl methyl sites for hydroxylation is 3. The van der Waals surface area contributed by atoms with Crippen LogP contribution in [0.2, 0.25) is 0 Å². The van der Waals surface area contributed by atoms with Crippen LogP contribution in [-0.2, 0) is 10.0 Å². The van der Waals surface area contributed by atoms with Gasteiger partial charge in [-0.25, -0.2) is 27.5 Å². The molecule has 0 saturated carbocycles. The molecule has 33 heavy (non-hydrogen) atoms. The van der Waals surface area contributed by atoms with Crippen molar-refractivity contribution in [3.8, 4) is 11.6 Å². The summed E-state index contributed by atoms with van der Waals surface area (Å²) in [5.41, 5.74) is 1.87. The average Bonchev–Trinajstić information content (AvgIpc) is 3.13. The average molecular weight is 475 g/mol. The van der Waals surface area contributed by atoms with Crippen molar-refractivity contribution in [1.29, 1.82) is 0 Å². The standard InChI is InChI=1S/C22H27FN6O3S/c1-5-32-20-7-6-18(13-19(20)23)33(30,31)28-10-8-27(9-11-28)21-14-22(25-17(4)24-21)29-16(3)12-15(2)26-29/h6-7,12-14H,5,8-11H2,1-4H3. The monoisotopic (exact) mass is 474 g/mol. The van der Waals surface area contributed by atoms with Gasteiger partial charge in [0, 0.05) is 37.9 Å². The van der Waals surface area contributed by atoms with Crippen molar-refractivity contribution in [3.05, 3.63) is 53.4 Å². The lowest BCUT2D eigenvalue weighted by Crippen LogP contribution is -2.49. The largest absolute Gasteiger partial charge is 0.491 e. The second kappa shape index (κ2) is 9.06. The number of anilines is 1. The lowest BCUT2D eigenvalue weighted by atomic mass is 10.3. The van der Waals surface area contributed by atoms with Crippen molar-refractivity contribution in [1.82, 2.24) is 24.1 Å². The van der Waals surface area contributed by atoms with Gasteiger partial charge in [-0.3, -0.25) is 0 Å². The minimum atomic E-state index is -3.82. The van der Waals surface area contributed by atoms with E-state index in [9.17, 15) is 12.8 Å². The van der Waals surface area contributed by atoms with Crippen LogP contribution in [-0.4, -0.2) is 65.3 Å². The van der Waals surface area contributed by atoms with Crippen LogP contribution in [0.25, 0.3) is 5.82 Å². The first-order valence-corrected chi connectivity index (χ1v) is 12.2. The van der Waals surface area contributed by atoms with Crippen LogP contribution in [0.3, 0.4) is 0 Å². The second-order valence-electron chi connectivity index (χ2n) is 7.89. The molecular formula is C22H27FN6O3S. The van der Waals surface area contributed by atoms with E-state index in [-0.39, 0.29) is 23.7 Å². The van der Waals surface area contributed by atoms with Gasteiger partial charge in [0.2, 0.25) is 10.0 Å². The summed E-state index contributed by atoms with van der Waals surface area (Å²) >= 11 is 0. The van der Waals surface area contributed by atoms with Crippen LogP contribution < -0.4 is 9.64 Å². The number of halogens is 1. The normalized spacial score (nSPS) is 15.1. The van der Waals surface area contributed by atoms with E-state index < -0.39 is 15.8 Å². The SMILES string of the molecule is CCOc1ccc(S(=O)(=O)N2CCN(c3cc(-n4nc(C)cc4C)nc(C)n3)CC2)cc1F. The summed E-state index contributed by atoms with van der Waals surface area (Å²) in [6.45, 7) is 9.17. The Morgan fingerprint density at radius 2 is 1.70 bits per heavy atom. The van der Waals surface area contributed by atoms with Crippen LogP contribution in [0, 0.1) is 26.6 Å². The van der Waals surface area contributed by atoms with E-state index >= 15 is 0 Å². The van der Waals surface area contributed by atoms with Crippen LogP contribution in [0.1, 0.15) is 24.1 Å². The minimum Gasteiger partial charge on any atom is -0.491 e. The zero-order valence-electron chi connectivity index (χ0n) is 19.1. The molecule has 1 aliphatic rings. The van der Waals surface area contributed by atoms with Gasteiger partial charge in [-0.1, -0.05) is 0 Å². The number of ether oxygens (including phenoxy) is 1. The molecule has 0 bridgehead atoms. The summed E-state index contributed by atoms with van der Waals surface area (Å²) < 4.78 is 48.6. The molecule has 1 saturated heterocycles. The van der Waals surface area contributed by atoms with Crippen LogP contribution >= 0.6 is 0 Å². The zero-order valence-corrected chi connectivity index (χ0v) is 19.9. The topological polar surface area (TPSA) is 93.5 Å². The lowest BCUT2D eigenvalue weighted by molar-refractivity contribution is 0.321. The Kier molecular flexibility index (Phi) is 6.35. The molecule has 2 aromatic heterocycles. The van der Waals surface area contributed by atoms with Crippen LogP contribution in [0.5, 0.6) is 5.75 Å². The van der Waals surface area contributed by atoms with Crippen molar-refractivity contribution in [3.63, 3.8) is 0 Å². The summed E-state index contributed by atoms with van der Waals surface area (Å²) in [6.07, 6.45) is 0. The number of aromatic nitrogens is 4. The van der Waals surface area contributed by atoms with Gasteiger partial charge >= 0.3 is 0 Å². The number of hydrogen-bond acceptors (Lipinski definition) is 7. The molecule has 1 aliphatic heterocycles. The fourth-order valence-electron chi connectivity index (χ4n) is 3.89. The molecule has 0 N–H and O–H groups in total. The summed E-state index contributed by atoms with van der Waals surface area (Å²) in [5.74, 6) is 1.34. The van der Waals surface area contributed by atoms with E-state index in [4.69, 9.17) is 4.74 Å². The van der Waals surface area contributed by atoms with Gasteiger partial charge in [0.1, 0.15) is 11.6 Å². The van der Waals surface area contributed by atoms with E-state index in [0.717, 1.165) is 17.5 Å². The molecule has 0 spiro atoms. The van der Waals surface area contributed by atoms with Gasteiger partial charge in [0.05, 0.1) is 17.2 Å². The van der Waals surface area contributed by atoms with E-state index in [0.29, 0.717) is 37.2 Å². The number of sulfonamides is 1. The van der Waals surface area contributed by atoms with E-state index in [1.807, 2.05) is 37.8 Å². The van der Waals surface area contributed by atoms with Gasteiger partial charge in [-0.2, -0.15) is 9.40 Å². The van der Waals surface area contributed by atoms with Crippen molar-refractivity contribution >= 4 is 15.8 Å². The molecule has 0 amide bonds. The highest BCUT2D eigenvalue weighted by atomic mass is 32.2. The van der Waals surface area contributed by atoms with Crippen molar-refractivity contribution < 1.29 is 17.5 Å². The van der Waals surface area contributed by atoms with Gasteiger partial charge in [-0.05, 0) is 52.0 Å². The lowest BCUT2D eigenvalue weighted by Gasteiger charge is -2.34. The Bertz CT molecular complexity index is 1270. The number of nitrogens with zero attached hydrogens (tertiary/aromatic N) is 6. The molecule has 4 rings (SSSR count). The molecule has 11 heteroatoms. The smallest absolute Gasteiger partial charge is 0.243 e. The highest BCUT2D eigenvalue weighted by Crippen LogP contribution is 2.25. The summed E-state index contributed by atoms with van der Waals surface area (Å²) in [7, 11) is -3.82. The summed E-state index contributed by atoms with van der Waals surface area (Å²) in [4.78, 5) is 11.0. The quantitative estimate of drug-likeness (QED) is 0.542. The molecule has 0 radical (unpaired) electrons. The predicted octanol–water partition coefficient (Wildman–Crippen LogP) is 2.64. The highest BCUT2D eigenvalue weighted by molar-refractivity contribution is 7.89. The first-order chi connectivity index (χ1) is 15.7. The fraction of sp³-hybridized carbons (Fsp3) is 0.409. The van der Waals surface area contributed by atoms with Gasteiger partial charge < -0.3 is 9.64 Å². The molecule has 9 nitrogen and oxygen atoms in total. The molecule has 3 aromatic rings. The van der Waals surface area contributed by atoms with Crippen LogP contribution in [0.15, 0.2) is 35.2 Å². The Labute approximate surface area is 192 Å². The van der Waals surface area contributed by atoms with Crippen molar-refractivity contribution in [2.24, 2.45) is 0 Å². The maximum absolute atomic E-state index is 14.2. The Hall–Kier alpha value is -3.05. The maximum Gasteiger partial charge on any atom is 0.243 e. The minimum absolute atomic E-state index is 0.0406. The highest BCUT2D eigenvalue weighted by Gasteiger charge is 2.30. The number of rotatable bonds is 6. The molecule has 3 heterocycles. The number of benzene rings is 1. The second-order valence-corrected chi connectivity index (χ2v) is 9.82. The summed E-state index contributed by atoms with van der Waals surface area (Å²) in [6, 6.07) is 7.58. The number of piperazine rings is 1. The summed E-state index contributed by atoms with van der Waals surface area (Å²) in [5, 5.41) is 4.49. The third-order valence-electron chi connectivity index (χ3n) is 5.44. The van der Waals surface area contributed by atoms with E-state index in [1.54, 1.807) is 11.6 Å². The zero-order chi connectivity index (χ0) is 23.8. The van der Waals surface area contributed by atoms with Gasteiger partial charge in [-0.15, -0.1) is 0 Å². The first-order valence-electron chi connectivity index (χ1n) is 10.8. The molecule has 0 aliphatic carbocycles. The number of hydrogen-bond donors (Lipinski definition) is 0. The molecule has 0 atom stereocenters. The van der Waals surface area contributed by atoms with Crippen molar-refractivity contribution in [2.45, 2.75) is 32.6 Å². The Morgan fingerprint density at radius 3 is 2.30 bits per heavy atom. The predicted molar refractivity (Wildman–Crippen MR) is 122 cm³/mol. The van der Waals surface area contributed by atoms with Crippen molar-refractivity contribution in [2.75, 3.05) is 37.7 Å². The molecule has 176 valence electrons. The third-order valence-corrected chi connectivity index (χ3v) is 7.34. The fourth-order valence-corrected chi connectivity index (χ4v) is 5.32. The van der Waals surface area contributed by atoms with Crippen LogP contribution in [0.4, 0.5) is 10.2 Å². The maximum atomic E-state index is 14.2. The Balaban J connectivity index is 1.51. The molecular weight excluding hydrogens is 447 g/mol. The molecule has 1 aromatic carbocycles. The van der Waals surface area contributed by atoms with E-state index in [1.165, 1.54) is 16.4 Å². The van der Waals surface area contributed by atoms with Gasteiger partial charge in [0.15, 0.2) is 17.4 Å². The van der Waals surface area contributed by atoms with Gasteiger partial charge in [0.25, 0.3) is 0 Å². The Morgan fingerprint density at radius 1 is 1.00 bits per heavy atom. The third kappa shape index (κ3) is 4.69. The molecule has 1 fully saturated rings. The first kappa shape index (κ1) is 23.1. The molecule has 0 unspecified atom stereocenters.